The first kappa shape index (κ1) is 8.74. The molecule has 0 amide bonds. The van der Waals surface area contributed by atoms with Crippen LogP contribution in [0.3, 0.4) is 0 Å². The van der Waals surface area contributed by atoms with Crippen molar-refractivity contribution in [2.45, 2.75) is 6.42 Å². The van der Waals surface area contributed by atoms with Crippen LogP contribution in [-0.4, -0.2) is 14.8 Å². The van der Waals surface area contributed by atoms with Crippen LogP contribution in [0.15, 0.2) is 30.7 Å². The lowest BCUT2D eigenvalue weighted by atomic mass is 10.1. The lowest BCUT2D eigenvalue weighted by molar-refractivity contribution is 0.724. The molecule has 0 aliphatic rings. The van der Waals surface area contributed by atoms with Crippen molar-refractivity contribution in [1.29, 1.82) is 0 Å². The maximum Gasteiger partial charge on any atom is 0.0492 e. The SMILES string of the molecule is Cn1nccc1Cc1cnccc1N. The fourth-order valence-electron chi connectivity index (χ4n) is 1.36. The topological polar surface area (TPSA) is 56.7 Å². The highest BCUT2D eigenvalue weighted by Crippen LogP contribution is 2.13. The minimum atomic E-state index is 0.774. The molecule has 2 rings (SSSR count). The molecule has 0 fully saturated rings. The van der Waals surface area contributed by atoms with E-state index in [0.29, 0.717) is 0 Å². The number of aromatic nitrogens is 3. The molecule has 0 saturated carbocycles. The summed E-state index contributed by atoms with van der Waals surface area (Å²) in [5.74, 6) is 0. The van der Waals surface area contributed by atoms with Gasteiger partial charge < -0.3 is 5.73 Å². The van der Waals surface area contributed by atoms with Crippen molar-refractivity contribution >= 4 is 5.69 Å². The van der Waals surface area contributed by atoms with Gasteiger partial charge in [0.15, 0.2) is 0 Å². The molecule has 4 nitrogen and oxygen atoms in total. The molecule has 14 heavy (non-hydrogen) atoms. The summed E-state index contributed by atoms with van der Waals surface area (Å²) in [5.41, 5.74) is 8.76. The quantitative estimate of drug-likeness (QED) is 0.764. The van der Waals surface area contributed by atoms with E-state index in [1.54, 1.807) is 18.6 Å². The Balaban J connectivity index is 2.28. The third-order valence-electron chi connectivity index (χ3n) is 2.24. The molecule has 4 heteroatoms. The second-order valence-corrected chi connectivity index (χ2v) is 3.20. The maximum atomic E-state index is 5.82. The van der Waals surface area contributed by atoms with E-state index >= 15 is 0 Å². The summed E-state index contributed by atoms with van der Waals surface area (Å²) < 4.78 is 1.84. The Morgan fingerprint density at radius 3 is 2.86 bits per heavy atom. The van der Waals surface area contributed by atoms with E-state index in [1.165, 1.54) is 0 Å². The highest BCUT2D eigenvalue weighted by atomic mass is 15.2. The lowest BCUT2D eigenvalue weighted by Gasteiger charge is -2.04. The van der Waals surface area contributed by atoms with E-state index < -0.39 is 0 Å². The zero-order valence-electron chi connectivity index (χ0n) is 8.01. The Morgan fingerprint density at radius 2 is 2.21 bits per heavy atom. The normalized spacial score (nSPS) is 10.4. The van der Waals surface area contributed by atoms with Gasteiger partial charge in [-0.15, -0.1) is 0 Å². The van der Waals surface area contributed by atoms with Crippen molar-refractivity contribution in [3.63, 3.8) is 0 Å². The summed E-state index contributed by atoms with van der Waals surface area (Å²) in [7, 11) is 1.92. The predicted octanol–water partition coefficient (Wildman–Crippen LogP) is 0.988. The Bertz CT molecular complexity index is 433. The number of rotatable bonds is 2. The van der Waals surface area contributed by atoms with Crippen LogP contribution in [0.1, 0.15) is 11.3 Å². The van der Waals surface area contributed by atoms with E-state index in [0.717, 1.165) is 23.4 Å². The number of hydrogen-bond acceptors (Lipinski definition) is 3. The first-order chi connectivity index (χ1) is 6.77. The Morgan fingerprint density at radius 1 is 1.36 bits per heavy atom. The molecule has 0 atom stereocenters. The van der Waals surface area contributed by atoms with Gasteiger partial charge in [-0.25, -0.2) is 0 Å². The summed E-state index contributed by atoms with van der Waals surface area (Å²) in [6, 6.07) is 3.79. The second-order valence-electron chi connectivity index (χ2n) is 3.20. The summed E-state index contributed by atoms with van der Waals surface area (Å²) in [6.07, 6.45) is 6.04. The highest BCUT2D eigenvalue weighted by Gasteiger charge is 2.03. The molecule has 2 heterocycles. The number of anilines is 1. The minimum Gasteiger partial charge on any atom is -0.398 e. The zero-order chi connectivity index (χ0) is 9.97. The Labute approximate surface area is 82.4 Å². The van der Waals surface area contributed by atoms with Gasteiger partial charge in [0.2, 0.25) is 0 Å². The van der Waals surface area contributed by atoms with Gasteiger partial charge in [0.1, 0.15) is 0 Å². The molecule has 0 aliphatic heterocycles. The predicted molar refractivity (Wildman–Crippen MR) is 54.7 cm³/mol. The maximum absolute atomic E-state index is 5.82. The van der Waals surface area contributed by atoms with Gasteiger partial charge in [0, 0.05) is 43.4 Å². The summed E-state index contributed by atoms with van der Waals surface area (Å²) in [4.78, 5) is 4.05. The van der Waals surface area contributed by atoms with Crippen molar-refractivity contribution in [3.8, 4) is 0 Å². The smallest absolute Gasteiger partial charge is 0.0492 e. The molecule has 0 saturated heterocycles. The standard InChI is InChI=1S/C10H12N4/c1-14-9(2-5-13-14)6-8-7-12-4-3-10(8)11/h2-5,7H,6H2,1H3,(H2,11,12). The third-order valence-corrected chi connectivity index (χ3v) is 2.24. The van der Waals surface area contributed by atoms with E-state index in [-0.39, 0.29) is 0 Å². The molecular formula is C10H12N4. The number of nitrogens with two attached hydrogens (primary N) is 1. The van der Waals surface area contributed by atoms with Crippen LogP contribution in [0.4, 0.5) is 5.69 Å². The average molecular weight is 188 g/mol. The molecule has 0 unspecified atom stereocenters. The number of pyridine rings is 1. The van der Waals surface area contributed by atoms with Gasteiger partial charge in [0.05, 0.1) is 0 Å². The molecule has 72 valence electrons. The highest BCUT2D eigenvalue weighted by molar-refractivity contribution is 5.45. The Kier molecular flexibility index (Phi) is 2.18. The number of nitrogens with zero attached hydrogens (tertiary/aromatic N) is 3. The van der Waals surface area contributed by atoms with Crippen molar-refractivity contribution < 1.29 is 0 Å². The number of hydrogen-bond donors (Lipinski definition) is 1. The van der Waals surface area contributed by atoms with E-state index in [9.17, 15) is 0 Å². The van der Waals surface area contributed by atoms with Crippen molar-refractivity contribution in [1.82, 2.24) is 14.8 Å². The van der Waals surface area contributed by atoms with Crippen LogP contribution in [-0.2, 0) is 13.5 Å². The van der Waals surface area contributed by atoms with Gasteiger partial charge in [-0.2, -0.15) is 5.10 Å². The van der Waals surface area contributed by atoms with Crippen LogP contribution in [0.25, 0.3) is 0 Å². The molecule has 2 aromatic heterocycles. The Hall–Kier alpha value is -1.84. The van der Waals surface area contributed by atoms with E-state index in [1.807, 2.05) is 23.9 Å². The molecule has 2 N–H and O–H groups in total. The molecular weight excluding hydrogens is 176 g/mol. The van der Waals surface area contributed by atoms with Crippen LogP contribution >= 0.6 is 0 Å². The van der Waals surface area contributed by atoms with Gasteiger partial charge in [-0.05, 0) is 17.7 Å². The van der Waals surface area contributed by atoms with Crippen LogP contribution in [0.2, 0.25) is 0 Å². The number of aryl methyl sites for hydroxylation is 1. The molecule has 2 aromatic rings. The molecule has 0 spiro atoms. The van der Waals surface area contributed by atoms with E-state index in [4.69, 9.17) is 5.73 Å². The molecule has 0 bridgehead atoms. The first-order valence-electron chi connectivity index (χ1n) is 4.42. The monoisotopic (exact) mass is 188 g/mol. The first-order valence-corrected chi connectivity index (χ1v) is 4.42. The van der Waals surface area contributed by atoms with Crippen LogP contribution < -0.4 is 5.73 Å². The van der Waals surface area contributed by atoms with Gasteiger partial charge >= 0.3 is 0 Å². The summed E-state index contributed by atoms with van der Waals surface area (Å²) in [6.45, 7) is 0. The average Bonchev–Trinajstić information content (AvgIpc) is 2.56. The fourth-order valence-corrected chi connectivity index (χ4v) is 1.36. The molecule has 0 aromatic carbocycles. The van der Waals surface area contributed by atoms with Gasteiger partial charge in [-0.3, -0.25) is 9.67 Å². The van der Waals surface area contributed by atoms with Crippen molar-refractivity contribution in [3.05, 3.63) is 42.0 Å². The number of nitrogen functional groups attached to an aromatic ring is 1. The van der Waals surface area contributed by atoms with Gasteiger partial charge in [-0.1, -0.05) is 0 Å². The van der Waals surface area contributed by atoms with E-state index in [2.05, 4.69) is 10.1 Å². The minimum absolute atomic E-state index is 0.774. The van der Waals surface area contributed by atoms with Gasteiger partial charge in [0.25, 0.3) is 0 Å². The second kappa shape index (κ2) is 3.49. The summed E-state index contributed by atoms with van der Waals surface area (Å²) in [5, 5.41) is 4.10. The largest absolute Gasteiger partial charge is 0.398 e. The summed E-state index contributed by atoms with van der Waals surface area (Å²) >= 11 is 0. The fraction of sp³-hybridized carbons (Fsp3) is 0.200. The van der Waals surface area contributed by atoms with Crippen LogP contribution in [0.5, 0.6) is 0 Å². The lowest BCUT2D eigenvalue weighted by Crippen LogP contribution is -2.01. The van der Waals surface area contributed by atoms with Crippen molar-refractivity contribution in [2.75, 3.05) is 5.73 Å². The third kappa shape index (κ3) is 1.59. The van der Waals surface area contributed by atoms with Crippen molar-refractivity contribution in [2.24, 2.45) is 7.05 Å². The van der Waals surface area contributed by atoms with Crippen LogP contribution in [0, 0.1) is 0 Å². The molecule has 0 aliphatic carbocycles. The zero-order valence-corrected chi connectivity index (χ0v) is 8.01. The molecule has 0 radical (unpaired) electrons.